The highest BCUT2D eigenvalue weighted by molar-refractivity contribution is 5.77. The molecule has 204 valence electrons. The van der Waals surface area contributed by atoms with Crippen molar-refractivity contribution in [2.24, 2.45) is 0 Å². The number of morpholine rings is 1. The van der Waals surface area contributed by atoms with Crippen LogP contribution in [0.25, 0.3) is 11.4 Å². The number of ether oxygens (including phenoxy) is 2. The van der Waals surface area contributed by atoms with Crippen LogP contribution >= 0.6 is 0 Å². The Morgan fingerprint density at radius 2 is 1.84 bits per heavy atom. The number of aromatic nitrogens is 2. The van der Waals surface area contributed by atoms with Crippen LogP contribution in [0.5, 0.6) is 0 Å². The molecule has 1 aliphatic heterocycles. The fourth-order valence-electron chi connectivity index (χ4n) is 4.13. The van der Waals surface area contributed by atoms with Crippen LogP contribution < -0.4 is 0 Å². The molecule has 8 nitrogen and oxygen atoms in total. The lowest BCUT2D eigenvalue weighted by atomic mass is 10.1. The van der Waals surface area contributed by atoms with Gasteiger partial charge in [0.1, 0.15) is 6.61 Å². The van der Waals surface area contributed by atoms with Crippen LogP contribution in [0.4, 0.5) is 13.2 Å². The van der Waals surface area contributed by atoms with Crippen molar-refractivity contribution in [1.82, 2.24) is 19.9 Å². The van der Waals surface area contributed by atoms with Crippen molar-refractivity contribution in [3.8, 4) is 11.4 Å². The quantitative estimate of drug-likeness (QED) is 0.348. The first kappa shape index (κ1) is 27.7. The summed E-state index contributed by atoms with van der Waals surface area (Å²) < 4.78 is 55.5. The first-order valence-electron chi connectivity index (χ1n) is 12.6. The highest BCUT2D eigenvalue weighted by atomic mass is 19.4. The van der Waals surface area contributed by atoms with E-state index in [9.17, 15) is 18.0 Å². The first-order valence-corrected chi connectivity index (χ1v) is 12.6. The van der Waals surface area contributed by atoms with E-state index in [1.54, 1.807) is 4.90 Å². The van der Waals surface area contributed by atoms with Gasteiger partial charge in [-0.3, -0.25) is 9.69 Å². The molecule has 1 amide bonds. The monoisotopic (exact) mass is 532 g/mol. The van der Waals surface area contributed by atoms with Crippen LogP contribution in [0.1, 0.15) is 23.4 Å². The predicted octanol–water partition coefficient (Wildman–Crippen LogP) is 4.07. The summed E-state index contributed by atoms with van der Waals surface area (Å²) in [6, 6.07) is 14.4. The third kappa shape index (κ3) is 8.37. The van der Waals surface area contributed by atoms with Gasteiger partial charge in [-0.05, 0) is 24.1 Å². The molecule has 11 heteroatoms. The molecule has 38 heavy (non-hydrogen) atoms. The zero-order valence-corrected chi connectivity index (χ0v) is 21.0. The molecule has 1 saturated heterocycles. The summed E-state index contributed by atoms with van der Waals surface area (Å²) in [7, 11) is 0. The second-order valence-electron chi connectivity index (χ2n) is 9.01. The molecule has 1 aliphatic rings. The topological polar surface area (TPSA) is 80.9 Å². The third-order valence-electron chi connectivity index (χ3n) is 6.21. The van der Waals surface area contributed by atoms with Crippen LogP contribution in [0, 0.1) is 0 Å². The van der Waals surface area contributed by atoms with E-state index < -0.39 is 11.7 Å². The van der Waals surface area contributed by atoms with Gasteiger partial charge in [0.15, 0.2) is 0 Å². The summed E-state index contributed by atoms with van der Waals surface area (Å²) in [5, 5.41) is 3.84. The van der Waals surface area contributed by atoms with E-state index in [1.165, 1.54) is 12.1 Å². The highest BCUT2D eigenvalue weighted by Gasteiger charge is 2.30. The van der Waals surface area contributed by atoms with E-state index in [-0.39, 0.29) is 36.2 Å². The molecule has 2 aromatic carbocycles. The van der Waals surface area contributed by atoms with Crippen LogP contribution in [0.2, 0.25) is 0 Å². The van der Waals surface area contributed by atoms with Gasteiger partial charge in [-0.15, -0.1) is 0 Å². The number of carbonyl (C=O) groups excluding carboxylic acids is 1. The van der Waals surface area contributed by atoms with Crippen molar-refractivity contribution in [3.05, 3.63) is 71.6 Å². The van der Waals surface area contributed by atoms with Crippen molar-refractivity contribution in [3.63, 3.8) is 0 Å². The van der Waals surface area contributed by atoms with Crippen molar-refractivity contribution < 1.29 is 32.0 Å². The molecule has 1 aromatic heterocycles. The zero-order valence-electron chi connectivity index (χ0n) is 21.0. The Kier molecular flexibility index (Phi) is 9.85. The summed E-state index contributed by atoms with van der Waals surface area (Å²) in [6.07, 6.45) is -3.41. The summed E-state index contributed by atoms with van der Waals surface area (Å²) >= 11 is 0. The second kappa shape index (κ2) is 13.5. The molecule has 4 rings (SSSR count). The van der Waals surface area contributed by atoms with E-state index in [0.29, 0.717) is 32.9 Å². The van der Waals surface area contributed by atoms with Gasteiger partial charge in [0, 0.05) is 44.7 Å². The number of alkyl halides is 3. The summed E-state index contributed by atoms with van der Waals surface area (Å²) in [4.78, 5) is 21.3. The van der Waals surface area contributed by atoms with Gasteiger partial charge in [-0.25, -0.2) is 0 Å². The maximum atomic E-state index is 13.1. The molecule has 0 radical (unpaired) electrons. The molecule has 3 aromatic rings. The summed E-state index contributed by atoms with van der Waals surface area (Å²) in [5.74, 6) is 0.164. The van der Waals surface area contributed by atoms with Gasteiger partial charge in [0.05, 0.1) is 25.4 Å². The van der Waals surface area contributed by atoms with Crippen molar-refractivity contribution in [2.75, 3.05) is 52.5 Å². The molecule has 0 unspecified atom stereocenters. The third-order valence-corrected chi connectivity index (χ3v) is 6.21. The van der Waals surface area contributed by atoms with Crippen molar-refractivity contribution in [1.29, 1.82) is 0 Å². The second-order valence-corrected chi connectivity index (χ2v) is 9.01. The summed E-state index contributed by atoms with van der Waals surface area (Å²) in [6.45, 7) is 5.12. The Bertz CT molecular complexity index is 1150. The van der Waals surface area contributed by atoms with Gasteiger partial charge in [0.2, 0.25) is 17.6 Å². The molecule has 0 aliphatic carbocycles. The lowest BCUT2D eigenvalue weighted by Crippen LogP contribution is -2.40. The first-order chi connectivity index (χ1) is 18.4. The van der Waals surface area contributed by atoms with Gasteiger partial charge in [-0.1, -0.05) is 47.6 Å². The molecule has 2 heterocycles. The van der Waals surface area contributed by atoms with Crippen LogP contribution in [-0.4, -0.2) is 78.4 Å². The van der Waals surface area contributed by atoms with E-state index in [4.69, 9.17) is 14.0 Å². The van der Waals surface area contributed by atoms with Crippen LogP contribution in [-0.2, 0) is 33.5 Å². The Labute approximate surface area is 219 Å². The maximum absolute atomic E-state index is 13.1. The minimum Gasteiger partial charge on any atom is -0.379 e. The zero-order chi connectivity index (χ0) is 26.8. The number of hydrogen-bond acceptors (Lipinski definition) is 7. The van der Waals surface area contributed by atoms with E-state index in [1.807, 2.05) is 30.3 Å². The fourth-order valence-corrected chi connectivity index (χ4v) is 4.13. The molecule has 0 saturated carbocycles. The van der Waals surface area contributed by atoms with Crippen LogP contribution in [0.15, 0.2) is 59.1 Å². The van der Waals surface area contributed by atoms with Crippen LogP contribution in [0.3, 0.4) is 0 Å². The fraction of sp³-hybridized carbons (Fsp3) is 0.444. The molecule has 0 N–H and O–H groups in total. The number of hydrogen-bond donors (Lipinski definition) is 0. The number of amides is 1. The van der Waals surface area contributed by atoms with E-state index >= 15 is 0 Å². The Hall–Kier alpha value is -3.28. The number of benzene rings is 2. The number of nitrogens with zero attached hydrogens (tertiary/aromatic N) is 4. The van der Waals surface area contributed by atoms with Gasteiger partial charge in [-0.2, -0.15) is 18.2 Å². The average molecular weight is 533 g/mol. The normalized spacial score (nSPS) is 14.5. The average Bonchev–Trinajstić information content (AvgIpc) is 3.40. The lowest BCUT2D eigenvalue weighted by molar-refractivity contribution is -0.138. The molecule has 0 spiro atoms. The Morgan fingerprint density at radius 3 is 2.61 bits per heavy atom. The minimum absolute atomic E-state index is 0.0637. The molecule has 0 atom stereocenters. The highest BCUT2D eigenvalue weighted by Crippen LogP contribution is 2.31. The smallest absolute Gasteiger partial charge is 0.379 e. The number of carbonyl (C=O) groups is 1. The number of halogens is 3. The predicted molar refractivity (Wildman–Crippen MR) is 133 cm³/mol. The number of rotatable bonds is 12. The summed E-state index contributed by atoms with van der Waals surface area (Å²) in [5.41, 5.74) is 0.406. The van der Waals surface area contributed by atoms with E-state index in [0.717, 1.165) is 43.8 Å². The van der Waals surface area contributed by atoms with Crippen molar-refractivity contribution in [2.45, 2.75) is 25.6 Å². The maximum Gasteiger partial charge on any atom is 0.416 e. The molecular formula is C27H31F3N4O4. The van der Waals surface area contributed by atoms with E-state index in [2.05, 4.69) is 15.0 Å². The standard InChI is InChI=1S/C27H31F3N4O4/c28-27(29,30)23-9-4-8-22(18-23)26-31-24(38-32-26)10-13-34(12-5-11-33-14-16-36-17-15-33)25(35)20-37-19-21-6-2-1-3-7-21/h1-4,6-9,18H,5,10-17,19-20H2. The van der Waals surface area contributed by atoms with Gasteiger partial charge in [0.25, 0.3) is 0 Å². The van der Waals surface area contributed by atoms with Gasteiger partial charge < -0.3 is 18.9 Å². The van der Waals surface area contributed by atoms with Crippen molar-refractivity contribution >= 4 is 5.91 Å². The van der Waals surface area contributed by atoms with Gasteiger partial charge >= 0.3 is 6.18 Å². The minimum atomic E-state index is -4.47. The molecule has 0 bridgehead atoms. The Balaban J connectivity index is 1.34. The molecular weight excluding hydrogens is 501 g/mol. The molecule has 1 fully saturated rings. The lowest BCUT2D eigenvalue weighted by Gasteiger charge is -2.28. The largest absolute Gasteiger partial charge is 0.416 e. The Morgan fingerprint density at radius 1 is 1.05 bits per heavy atom. The SMILES string of the molecule is O=C(COCc1ccccc1)N(CCCN1CCOCC1)CCc1nc(-c2cccc(C(F)(F)F)c2)no1.